The molecule has 0 aromatic carbocycles. The molecule has 2 N–H and O–H groups in total. The van der Waals surface area contributed by atoms with Gasteiger partial charge in [-0.2, -0.15) is 0 Å². The van der Waals surface area contributed by atoms with Crippen LogP contribution in [0.15, 0.2) is 0 Å². The van der Waals surface area contributed by atoms with Gasteiger partial charge < -0.3 is 15.4 Å². The van der Waals surface area contributed by atoms with Gasteiger partial charge in [0.2, 0.25) is 5.91 Å². The van der Waals surface area contributed by atoms with Gasteiger partial charge in [-0.3, -0.25) is 4.79 Å². The third-order valence-corrected chi connectivity index (χ3v) is 4.15. The van der Waals surface area contributed by atoms with Gasteiger partial charge in [0.1, 0.15) is 6.04 Å². The number of esters is 1. The third kappa shape index (κ3) is 3.26. The molecule has 19 heavy (non-hydrogen) atoms. The second kappa shape index (κ2) is 5.90. The Balaban J connectivity index is 1.93. The number of ether oxygens (including phenoxy) is 1. The second-order valence-electron chi connectivity index (χ2n) is 6.10. The minimum absolute atomic E-state index is 0.00394. The maximum atomic E-state index is 12.3. The van der Waals surface area contributed by atoms with Crippen LogP contribution in [0.5, 0.6) is 0 Å². The molecule has 2 saturated heterocycles. The zero-order valence-corrected chi connectivity index (χ0v) is 11.9. The lowest BCUT2D eigenvalue weighted by molar-refractivity contribution is -0.146. The van der Waals surface area contributed by atoms with Gasteiger partial charge >= 0.3 is 5.97 Å². The Morgan fingerprint density at radius 1 is 1.37 bits per heavy atom. The van der Waals surface area contributed by atoms with Crippen molar-refractivity contribution in [3.05, 3.63) is 0 Å². The fourth-order valence-electron chi connectivity index (χ4n) is 3.22. The van der Waals surface area contributed by atoms with Crippen LogP contribution in [0.3, 0.4) is 0 Å². The Hall–Kier alpha value is -1.10. The molecule has 0 aromatic rings. The van der Waals surface area contributed by atoms with Crippen LogP contribution >= 0.6 is 0 Å². The van der Waals surface area contributed by atoms with E-state index in [4.69, 9.17) is 4.74 Å². The predicted octanol–water partition coefficient (Wildman–Crippen LogP) is 0.831. The van der Waals surface area contributed by atoms with E-state index in [0.29, 0.717) is 24.4 Å². The van der Waals surface area contributed by atoms with E-state index in [9.17, 15) is 9.59 Å². The molecular weight excluding hydrogens is 244 g/mol. The summed E-state index contributed by atoms with van der Waals surface area (Å²) in [5.74, 6) is -0.00506. The predicted molar refractivity (Wildman–Crippen MR) is 71.5 cm³/mol. The zero-order chi connectivity index (χ0) is 14.0. The van der Waals surface area contributed by atoms with Gasteiger partial charge in [0, 0.05) is 12.1 Å². The van der Waals surface area contributed by atoms with E-state index >= 15 is 0 Å². The van der Waals surface area contributed by atoms with Crippen LogP contribution in [0.2, 0.25) is 0 Å². The summed E-state index contributed by atoms with van der Waals surface area (Å²) in [6.45, 7) is 4.06. The molecule has 2 fully saturated rings. The van der Waals surface area contributed by atoms with Crippen LogP contribution in [-0.4, -0.2) is 37.1 Å². The highest BCUT2D eigenvalue weighted by atomic mass is 16.5. The SMILES string of the molecule is COC(=O)C(CC(C)C)NC(=O)C1CC2CCC1N2. The first-order chi connectivity index (χ1) is 9.01. The molecule has 0 radical (unpaired) electrons. The van der Waals surface area contributed by atoms with Gasteiger partial charge in [-0.15, -0.1) is 0 Å². The lowest BCUT2D eigenvalue weighted by Gasteiger charge is -2.23. The molecule has 0 aromatic heterocycles. The number of fused-ring (bicyclic) bond motifs is 2. The summed E-state index contributed by atoms with van der Waals surface area (Å²) in [5.41, 5.74) is 0. The molecule has 1 amide bonds. The maximum Gasteiger partial charge on any atom is 0.328 e. The average molecular weight is 268 g/mol. The van der Waals surface area contributed by atoms with E-state index in [2.05, 4.69) is 10.6 Å². The van der Waals surface area contributed by atoms with E-state index < -0.39 is 6.04 Å². The number of methoxy groups -OCH3 is 1. The molecule has 2 aliphatic heterocycles. The van der Waals surface area contributed by atoms with Crippen LogP contribution in [0, 0.1) is 11.8 Å². The molecule has 0 saturated carbocycles. The molecule has 0 aliphatic carbocycles. The Bertz CT molecular complexity index is 357. The average Bonchev–Trinajstić information content (AvgIpc) is 2.98. The van der Waals surface area contributed by atoms with Crippen molar-refractivity contribution < 1.29 is 14.3 Å². The number of hydrogen-bond donors (Lipinski definition) is 2. The van der Waals surface area contributed by atoms with E-state index in [0.717, 1.165) is 12.8 Å². The number of amides is 1. The molecule has 2 aliphatic rings. The van der Waals surface area contributed by atoms with E-state index in [1.165, 1.54) is 13.5 Å². The van der Waals surface area contributed by atoms with Gasteiger partial charge in [-0.25, -0.2) is 4.79 Å². The highest BCUT2D eigenvalue weighted by Gasteiger charge is 2.43. The van der Waals surface area contributed by atoms with Crippen LogP contribution in [0.4, 0.5) is 0 Å². The number of nitrogens with one attached hydrogen (secondary N) is 2. The van der Waals surface area contributed by atoms with Gasteiger partial charge in [0.15, 0.2) is 0 Å². The summed E-state index contributed by atoms with van der Waals surface area (Å²) in [6.07, 6.45) is 3.75. The lowest BCUT2D eigenvalue weighted by atomic mass is 9.88. The molecule has 2 bridgehead atoms. The van der Waals surface area contributed by atoms with Crippen molar-refractivity contribution in [2.24, 2.45) is 11.8 Å². The van der Waals surface area contributed by atoms with Crippen LogP contribution in [0.1, 0.15) is 39.5 Å². The third-order valence-electron chi connectivity index (χ3n) is 4.15. The quantitative estimate of drug-likeness (QED) is 0.725. The summed E-state index contributed by atoms with van der Waals surface area (Å²) in [7, 11) is 1.36. The van der Waals surface area contributed by atoms with Crippen molar-refractivity contribution >= 4 is 11.9 Å². The molecule has 0 spiro atoms. The van der Waals surface area contributed by atoms with E-state index in [1.807, 2.05) is 13.8 Å². The minimum Gasteiger partial charge on any atom is -0.467 e. The Labute approximate surface area is 114 Å². The number of hydrogen-bond acceptors (Lipinski definition) is 4. The largest absolute Gasteiger partial charge is 0.467 e. The fraction of sp³-hybridized carbons (Fsp3) is 0.857. The number of carbonyl (C=O) groups is 2. The zero-order valence-electron chi connectivity index (χ0n) is 11.9. The summed E-state index contributed by atoms with van der Waals surface area (Å²) in [4.78, 5) is 24.0. The van der Waals surface area contributed by atoms with Gasteiger partial charge in [-0.05, 0) is 31.6 Å². The molecule has 4 unspecified atom stereocenters. The molecule has 2 rings (SSSR count). The van der Waals surface area contributed by atoms with Gasteiger partial charge in [0.05, 0.1) is 13.0 Å². The number of carbonyl (C=O) groups excluding carboxylic acids is 2. The molecule has 108 valence electrons. The highest BCUT2D eigenvalue weighted by molar-refractivity contribution is 5.86. The lowest BCUT2D eigenvalue weighted by Crippen LogP contribution is -2.47. The van der Waals surface area contributed by atoms with Crippen molar-refractivity contribution in [1.29, 1.82) is 0 Å². The molecular formula is C14H24N2O3. The van der Waals surface area contributed by atoms with Crippen molar-refractivity contribution in [3.63, 3.8) is 0 Å². The van der Waals surface area contributed by atoms with Gasteiger partial charge in [0.25, 0.3) is 0 Å². The van der Waals surface area contributed by atoms with E-state index in [-0.39, 0.29) is 17.8 Å². The minimum atomic E-state index is -0.517. The summed E-state index contributed by atoms with van der Waals surface area (Å²) < 4.78 is 4.77. The highest BCUT2D eigenvalue weighted by Crippen LogP contribution is 2.33. The molecule has 4 atom stereocenters. The van der Waals surface area contributed by atoms with Crippen molar-refractivity contribution in [3.8, 4) is 0 Å². The van der Waals surface area contributed by atoms with Crippen LogP contribution < -0.4 is 10.6 Å². The van der Waals surface area contributed by atoms with Crippen molar-refractivity contribution in [1.82, 2.24) is 10.6 Å². The molecule has 5 nitrogen and oxygen atoms in total. The Kier molecular flexibility index (Phi) is 4.45. The smallest absolute Gasteiger partial charge is 0.328 e. The first kappa shape index (κ1) is 14.3. The first-order valence-electron chi connectivity index (χ1n) is 7.15. The van der Waals surface area contributed by atoms with Crippen molar-refractivity contribution in [2.45, 2.75) is 57.7 Å². The van der Waals surface area contributed by atoms with E-state index in [1.54, 1.807) is 0 Å². The summed E-state index contributed by atoms with van der Waals surface area (Å²) >= 11 is 0. The maximum absolute atomic E-state index is 12.3. The Morgan fingerprint density at radius 3 is 2.58 bits per heavy atom. The fourth-order valence-corrected chi connectivity index (χ4v) is 3.22. The second-order valence-corrected chi connectivity index (χ2v) is 6.10. The monoisotopic (exact) mass is 268 g/mol. The Morgan fingerprint density at radius 2 is 2.11 bits per heavy atom. The number of rotatable bonds is 5. The summed E-state index contributed by atoms with van der Waals surface area (Å²) in [5, 5.41) is 6.31. The molecule has 2 heterocycles. The molecule has 5 heteroatoms. The van der Waals surface area contributed by atoms with Crippen LogP contribution in [-0.2, 0) is 14.3 Å². The summed E-state index contributed by atoms with van der Waals surface area (Å²) in [6, 6.07) is 0.265. The van der Waals surface area contributed by atoms with Crippen LogP contribution in [0.25, 0.3) is 0 Å². The van der Waals surface area contributed by atoms with Gasteiger partial charge in [-0.1, -0.05) is 13.8 Å². The first-order valence-corrected chi connectivity index (χ1v) is 7.15. The van der Waals surface area contributed by atoms with Crippen molar-refractivity contribution in [2.75, 3.05) is 7.11 Å². The standard InChI is InChI=1S/C14H24N2O3/c1-8(2)6-12(14(18)19-3)16-13(17)10-7-9-4-5-11(10)15-9/h8-12,15H,4-7H2,1-3H3,(H,16,17). The topological polar surface area (TPSA) is 67.4 Å². The normalized spacial score (nSPS) is 30.4.